The Hall–Kier alpha value is -0.0800. The van der Waals surface area contributed by atoms with Crippen molar-refractivity contribution in [1.29, 1.82) is 0 Å². The number of fused-ring (bicyclic) bond motifs is 5. The maximum atomic E-state index is 10.1. The van der Waals surface area contributed by atoms with E-state index in [9.17, 15) is 5.11 Å². The maximum absolute atomic E-state index is 10.1. The third kappa shape index (κ3) is 2.12. The lowest BCUT2D eigenvalue weighted by Crippen LogP contribution is -2.62. The molecule has 1 aliphatic heterocycles. The molecule has 0 spiro atoms. The van der Waals surface area contributed by atoms with Gasteiger partial charge in [0.1, 0.15) is 0 Å². The van der Waals surface area contributed by atoms with Gasteiger partial charge < -0.3 is 10.4 Å². The lowest BCUT2D eigenvalue weighted by Gasteiger charge is -2.62. The lowest BCUT2D eigenvalue weighted by atomic mass is 9.45. The van der Waals surface area contributed by atoms with Gasteiger partial charge in [-0.25, -0.2) is 0 Å². The summed E-state index contributed by atoms with van der Waals surface area (Å²) in [6.45, 7) is 6.32. The minimum Gasteiger partial charge on any atom is -0.393 e. The third-order valence-corrected chi connectivity index (χ3v) is 8.25. The quantitative estimate of drug-likeness (QED) is 0.713. The molecule has 4 rings (SSSR count). The summed E-state index contributed by atoms with van der Waals surface area (Å²) in [4.78, 5) is 0. The van der Waals surface area contributed by atoms with Gasteiger partial charge in [-0.1, -0.05) is 6.92 Å². The molecule has 0 aromatic heterocycles. The Balaban J connectivity index is 1.61. The number of nitrogens with one attached hydrogen (secondary N) is 1. The number of aliphatic hydroxyl groups is 1. The van der Waals surface area contributed by atoms with E-state index in [0.29, 0.717) is 11.0 Å². The number of rotatable bonds is 0. The van der Waals surface area contributed by atoms with Gasteiger partial charge in [0.2, 0.25) is 0 Å². The Morgan fingerprint density at radius 1 is 0.952 bits per heavy atom. The number of hydrogen-bond acceptors (Lipinski definition) is 2. The summed E-state index contributed by atoms with van der Waals surface area (Å²) in [6.07, 6.45) is 11.8. The SMILES string of the molecule is C[C@]12CC[C@@H](O)C[C@@H]1CC[C@@H]1[C@@H]2CC[C@@]2(C)NCCC[C@@H]12. The summed E-state index contributed by atoms with van der Waals surface area (Å²) < 4.78 is 0. The Labute approximate surface area is 130 Å². The molecule has 0 bridgehead atoms. The zero-order valence-electron chi connectivity index (χ0n) is 13.9. The second kappa shape index (κ2) is 4.96. The molecule has 2 N–H and O–H groups in total. The summed E-state index contributed by atoms with van der Waals surface area (Å²) in [5.74, 6) is 3.59. The standard InChI is InChI=1S/C19H33NO/c1-18-9-7-14(21)12-13(18)5-6-15-16(18)8-10-19(2)17(15)4-3-11-20-19/h13-17,20-21H,3-12H2,1-2H3/t13-,14+,15+,16-,17-,18-,19+/m0/s1. The summed E-state index contributed by atoms with van der Waals surface area (Å²) >= 11 is 0. The van der Waals surface area contributed by atoms with Crippen LogP contribution in [-0.4, -0.2) is 23.3 Å². The van der Waals surface area contributed by atoms with Gasteiger partial charge in [0.05, 0.1) is 6.10 Å². The van der Waals surface area contributed by atoms with Gasteiger partial charge in [0.25, 0.3) is 0 Å². The molecular weight excluding hydrogens is 258 g/mol. The van der Waals surface area contributed by atoms with E-state index in [1.54, 1.807) is 0 Å². The Kier molecular flexibility index (Phi) is 3.43. The van der Waals surface area contributed by atoms with Crippen molar-refractivity contribution in [2.75, 3.05) is 6.54 Å². The van der Waals surface area contributed by atoms with Crippen LogP contribution in [0.2, 0.25) is 0 Å². The van der Waals surface area contributed by atoms with Gasteiger partial charge in [0, 0.05) is 5.54 Å². The van der Waals surface area contributed by atoms with Crippen molar-refractivity contribution in [3.63, 3.8) is 0 Å². The molecule has 3 aliphatic carbocycles. The predicted molar refractivity (Wildman–Crippen MR) is 86.0 cm³/mol. The fourth-order valence-corrected chi connectivity index (χ4v) is 7.00. The van der Waals surface area contributed by atoms with E-state index in [4.69, 9.17) is 0 Å². The number of piperidine rings is 1. The second-order valence-corrected chi connectivity index (χ2v) is 9.11. The van der Waals surface area contributed by atoms with Gasteiger partial charge in [0.15, 0.2) is 0 Å². The molecule has 0 amide bonds. The van der Waals surface area contributed by atoms with Crippen LogP contribution < -0.4 is 5.32 Å². The van der Waals surface area contributed by atoms with Gasteiger partial charge in [-0.05, 0) is 100 Å². The van der Waals surface area contributed by atoms with Crippen LogP contribution in [-0.2, 0) is 0 Å². The maximum Gasteiger partial charge on any atom is 0.0543 e. The first-order chi connectivity index (χ1) is 10.0. The van der Waals surface area contributed by atoms with E-state index in [2.05, 4.69) is 19.2 Å². The molecule has 120 valence electrons. The van der Waals surface area contributed by atoms with Crippen molar-refractivity contribution >= 4 is 0 Å². The highest BCUT2D eigenvalue weighted by Crippen LogP contribution is 2.62. The molecule has 1 saturated heterocycles. The Bertz CT molecular complexity index is 410. The first-order valence-corrected chi connectivity index (χ1v) is 9.46. The topological polar surface area (TPSA) is 32.3 Å². The molecule has 21 heavy (non-hydrogen) atoms. The highest BCUT2D eigenvalue weighted by molar-refractivity contribution is 5.09. The van der Waals surface area contributed by atoms with Crippen LogP contribution in [0.15, 0.2) is 0 Å². The summed E-state index contributed by atoms with van der Waals surface area (Å²) in [7, 11) is 0. The molecule has 4 fully saturated rings. The zero-order valence-corrected chi connectivity index (χ0v) is 13.9. The Morgan fingerprint density at radius 2 is 1.81 bits per heavy atom. The first-order valence-electron chi connectivity index (χ1n) is 9.46. The molecule has 0 radical (unpaired) electrons. The third-order valence-electron chi connectivity index (χ3n) is 8.25. The molecule has 1 heterocycles. The van der Waals surface area contributed by atoms with Crippen LogP contribution in [0.25, 0.3) is 0 Å². The van der Waals surface area contributed by atoms with Gasteiger partial charge in [-0.3, -0.25) is 0 Å². The molecule has 0 aromatic rings. The number of hydrogen-bond donors (Lipinski definition) is 2. The first kappa shape index (κ1) is 14.5. The van der Waals surface area contributed by atoms with Crippen LogP contribution in [0, 0.1) is 29.1 Å². The second-order valence-electron chi connectivity index (χ2n) is 9.11. The van der Waals surface area contributed by atoms with Crippen molar-refractivity contribution in [3.8, 4) is 0 Å². The smallest absolute Gasteiger partial charge is 0.0543 e. The number of aliphatic hydroxyl groups excluding tert-OH is 1. The average Bonchev–Trinajstić information content (AvgIpc) is 2.47. The van der Waals surface area contributed by atoms with Crippen molar-refractivity contribution in [1.82, 2.24) is 5.32 Å². The Morgan fingerprint density at radius 3 is 2.67 bits per heavy atom. The minimum atomic E-state index is -0.00942. The molecular formula is C19H33NO. The van der Waals surface area contributed by atoms with E-state index >= 15 is 0 Å². The minimum absolute atomic E-state index is 0.00942. The van der Waals surface area contributed by atoms with E-state index in [1.165, 1.54) is 51.5 Å². The van der Waals surface area contributed by atoms with E-state index in [-0.39, 0.29) is 6.10 Å². The molecule has 2 nitrogen and oxygen atoms in total. The highest BCUT2D eigenvalue weighted by atomic mass is 16.3. The van der Waals surface area contributed by atoms with Crippen molar-refractivity contribution < 1.29 is 5.11 Å². The van der Waals surface area contributed by atoms with E-state index in [0.717, 1.165) is 36.5 Å². The van der Waals surface area contributed by atoms with Crippen molar-refractivity contribution in [3.05, 3.63) is 0 Å². The fraction of sp³-hybridized carbons (Fsp3) is 1.00. The molecule has 2 heteroatoms. The predicted octanol–water partition coefficient (Wildman–Crippen LogP) is 3.73. The molecule has 7 atom stereocenters. The normalized spacial score (nSPS) is 57.0. The van der Waals surface area contributed by atoms with E-state index < -0.39 is 0 Å². The van der Waals surface area contributed by atoms with Crippen LogP contribution >= 0.6 is 0 Å². The van der Waals surface area contributed by atoms with Crippen LogP contribution in [0.4, 0.5) is 0 Å². The largest absolute Gasteiger partial charge is 0.393 e. The summed E-state index contributed by atoms with van der Waals surface area (Å²) in [5, 5.41) is 14.0. The molecule has 0 aromatic carbocycles. The monoisotopic (exact) mass is 291 g/mol. The van der Waals surface area contributed by atoms with Gasteiger partial charge in [-0.2, -0.15) is 0 Å². The van der Waals surface area contributed by atoms with Crippen molar-refractivity contribution in [2.24, 2.45) is 29.1 Å². The zero-order chi connectivity index (χ0) is 14.7. The van der Waals surface area contributed by atoms with Crippen LogP contribution in [0.5, 0.6) is 0 Å². The molecule has 3 saturated carbocycles. The molecule has 4 aliphatic rings. The van der Waals surface area contributed by atoms with Crippen LogP contribution in [0.3, 0.4) is 0 Å². The average molecular weight is 291 g/mol. The molecule has 0 unspecified atom stereocenters. The highest BCUT2D eigenvalue weighted by Gasteiger charge is 2.57. The fourth-order valence-electron chi connectivity index (χ4n) is 7.00. The van der Waals surface area contributed by atoms with Gasteiger partial charge >= 0.3 is 0 Å². The van der Waals surface area contributed by atoms with Crippen LogP contribution in [0.1, 0.15) is 71.6 Å². The summed E-state index contributed by atoms with van der Waals surface area (Å²) in [5.41, 5.74) is 0.956. The lowest BCUT2D eigenvalue weighted by molar-refractivity contribution is -0.122. The van der Waals surface area contributed by atoms with E-state index in [1.807, 2.05) is 0 Å². The van der Waals surface area contributed by atoms with Crippen molar-refractivity contribution in [2.45, 2.75) is 83.3 Å². The van der Waals surface area contributed by atoms with Gasteiger partial charge in [-0.15, -0.1) is 0 Å². The summed E-state index contributed by atoms with van der Waals surface area (Å²) in [6, 6.07) is 0.